The quantitative estimate of drug-likeness (QED) is 0.184. The summed E-state index contributed by atoms with van der Waals surface area (Å²) in [6.45, 7) is 4.68. The van der Waals surface area contributed by atoms with E-state index >= 15 is 0 Å². The van der Waals surface area contributed by atoms with Crippen molar-refractivity contribution in [2.45, 2.75) is 63.1 Å². The molecule has 18 heavy (non-hydrogen) atoms. The average Bonchev–Trinajstić information content (AvgIpc) is 2.27. The van der Waals surface area contributed by atoms with Gasteiger partial charge in [0, 0.05) is 27.3 Å². The van der Waals surface area contributed by atoms with E-state index in [1.165, 1.54) is 13.8 Å². The minimum atomic E-state index is -1.87. The number of aliphatic hydroxyl groups excluding tert-OH is 1. The van der Waals surface area contributed by atoms with Crippen LogP contribution in [-0.2, 0) is 9.53 Å². The number of hydrogen-bond acceptors (Lipinski definition) is 5. The van der Waals surface area contributed by atoms with Crippen molar-refractivity contribution in [1.29, 1.82) is 0 Å². The van der Waals surface area contributed by atoms with Crippen LogP contribution in [0.4, 0.5) is 0 Å². The lowest BCUT2D eigenvalue weighted by Crippen LogP contribution is -2.52. The van der Waals surface area contributed by atoms with Crippen LogP contribution in [0, 0.1) is 10.1 Å². The second kappa shape index (κ2) is 7.68. The molecule has 0 aliphatic carbocycles. The number of unbranched alkanes of at least 4 members (excludes halogenated alkanes) is 2. The normalized spacial score (nSPS) is 17.6. The van der Waals surface area contributed by atoms with Gasteiger partial charge in [0.2, 0.25) is 0 Å². The zero-order valence-electron chi connectivity index (χ0n) is 10.9. The smallest absolute Gasteiger partial charge is 0.335 e. The van der Waals surface area contributed by atoms with E-state index in [4.69, 9.17) is 4.74 Å². The Morgan fingerprint density at radius 1 is 1.50 bits per heavy atom. The van der Waals surface area contributed by atoms with Gasteiger partial charge in [-0.05, 0) is 20.3 Å². The Balaban J connectivity index is 4.49. The maximum atomic E-state index is 11.5. The van der Waals surface area contributed by atoms with Crippen LogP contribution in [0.1, 0.15) is 46.5 Å². The van der Waals surface area contributed by atoms with Crippen LogP contribution in [0.25, 0.3) is 0 Å². The lowest BCUT2D eigenvalue weighted by atomic mass is 10.1. The molecule has 6 nitrogen and oxygen atoms in total. The van der Waals surface area contributed by atoms with Crippen LogP contribution in [0.5, 0.6) is 0 Å². The summed E-state index contributed by atoms with van der Waals surface area (Å²) in [6, 6.07) is 0. The summed E-state index contributed by atoms with van der Waals surface area (Å²) in [5.74, 6) is -0.484. The zero-order valence-corrected chi connectivity index (χ0v) is 12.5. The van der Waals surface area contributed by atoms with E-state index in [0.717, 1.165) is 12.8 Å². The van der Waals surface area contributed by atoms with Crippen molar-refractivity contribution in [1.82, 2.24) is 0 Å². The summed E-state index contributed by atoms with van der Waals surface area (Å²) in [5.41, 5.74) is 0. The predicted octanol–water partition coefficient (Wildman–Crippen LogP) is 2.25. The first-order valence-electron chi connectivity index (χ1n) is 5.97. The molecule has 0 radical (unpaired) electrons. The largest absolute Gasteiger partial charge is 0.454 e. The van der Waals surface area contributed by atoms with Gasteiger partial charge < -0.3 is 9.84 Å². The fourth-order valence-corrected chi connectivity index (χ4v) is 1.59. The standard InChI is InChI=1S/C11H20BrNO5/c1-4-5-6-7-10(15)18-9(3)11(12,8(2)14)13(16)17/h8-9,14H,4-7H2,1-3H3. The molecule has 0 spiro atoms. The Bertz CT molecular complexity index is 297. The second-order valence-electron chi connectivity index (χ2n) is 4.25. The monoisotopic (exact) mass is 325 g/mol. The highest BCUT2D eigenvalue weighted by molar-refractivity contribution is 9.10. The molecule has 7 heteroatoms. The number of nitrogens with zero attached hydrogens (tertiary/aromatic N) is 1. The third-order valence-electron chi connectivity index (χ3n) is 2.73. The maximum Gasteiger partial charge on any atom is 0.335 e. The lowest BCUT2D eigenvalue weighted by Gasteiger charge is -2.27. The molecule has 0 saturated heterocycles. The highest BCUT2D eigenvalue weighted by Crippen LogP contribution is 2.30. The summed E-state index contributed by atoms with van der Waals surface area (Å²) in [4.78, 5) is 21.7. The Labute approximate surface area is 115 Å². The Morgan fingerprint density at radius 3 is 2.44 bits per heavy atom. The summed E-state index contributed by atoms with van der Waals surface area (Å²) in [7, 11) is 0. The fourth-order valence-electron chi connectivity index (χ4n) is 1.50. The highest BCUT2D eigenvalue weighted by atomic mass is 79.9. The lowest BCUT2D eigenvalue weighted by molar-refractivity contribution is -0.557. The van der Waals surface area contributed by atoms with Gasteiger partial charge in [0.05, 0.1) is 0 Å². The minimum absolute atomic E-state index is 0.235. The number of aliphatic hydroxyl groups is 1. The van der Waals surface area contributed by atoms with E-state index in [2.05, 4.69) is 15.9 Å². The van der Waals surface area contributed by atoms with E-state index in [0.29, 0.717) is 6.42 Å². The van der Waals surface area contributed by atoms with E-state index in [-0.39, 0.29) is 6.42 Å². The molecule has 0 amide bonds. The average molecular weight is 326 g/mol. The number of halogens is 1. The van der Waals surface area contributed by atoms with Gasteiger partial charge in [0.25, 0.3) is 0 Å². The first-order chi connectivity index (χ1) is 8.26. The first-order valence-corrected chi connectivity index (χ1v) is 6.77. The van der Waals surface area contributed by atoms with Crippen molar-refractivity contribution in [2.24, 2.45) is 0 Å². The highest BCUT2D eigenvalue weighted by Gasteiger charge is 2.52. The molecule has 106 valence electrons. The number of hydrogen-bond donors (Lipinski definition) is 1. The van der Waals surface area contributed by atoms with E-state index < -0.39 is 27.5 Å². The summed E-state index contributed by atoms with van der Waals surface area (Å²) in [5, 5.41) is 20.4. The van der Waals surface area contributed by atoms with E-state index in [1.807, 2.05) is 6.92 Å². The fraction of sp³-hybridized carbons (Fsp3) is 0.909. The molecule has 0 saturated carbocycles. The Hall–Kier alpha value is -0.690. The van der Waals surface area contributed by atoms with Crippen molar-refractivity contribution in [2.75, 3.05) is 0 Å². The van der Waals surface area contributed by atoms with Crippen LogP contribution < -0.4 is 0 Å². The number of esters is 1. The molecular weight excluding hydrogens is 306 g/mol. The summed E-state index contributed by atoms with van der Waals surface area (Å²) in [6.07, 6.45) is 0.485. The van der Waals surface area contributed by atoms with Gasteiger partial charge in [0.1, 0.15) is 6.10 Å². The van der Waals surface area contributed by atoms with Crippen molar-refractivity contribution in [3.63, 3.8) is 0 Å². The van der Waals surface area contributed by atoms with Crippen LogP contribution >= 0.6 is 15.9 Å². The second-order valence-corrected chi connectivity index (χ2v) is 5.52. The maximum absolute atomic E-state index is 11.5. The van der Waals surface area contributed by atoms with Gasteiger partial charge in [-0.3, -0.25) is 14.9 Å². The molecule has 3 atom stereocenters. The molecule has 3 unspecified atom stereocenters. The van der Waals surface area contributed by atoms with Crippen LogP contribution in [0.3, 0.4) is 0 Å². The molecule has 0 rings (SSSR count). The van der Waals surface area contributed by atoms with Gasteiger partial charge in [-0.25, -0.2) is 0 Å². The van der Waals surface area contributed by atoms with E-state index in [9.17, 15) is 20.0 Å². The SMILES string of the molecule is CCCCCC(=O)OC(C)C(Br)(C(C)O)[N+](=O)[O-]. The van der Waals surface area contributed by atoms with E-state index in [1.54, 1.807) is 0 Å². The van der Waals surface area contributed by atoms with Gasteiger partial charge in [-0.2, -0.15) is 0 Å². The first kappa shape index (κ1) is 17.3. The molecule has 0 heterocycles. The van der Waals surface area contributed by atoms with Gasteiger partial charge in [-0.15, -0.1) is 0 Å². The van der Waals surface area contributed by atoms with Gasteiger partial charge in [-0.1, -0.05) is 19.8 Å². The molecular formula is C11H20BrNO5. The van der Waals surface area contributed by atoms with Crippen LogP contribution in [-0.4, -0.2) is 32.7 Å². The Kier molecular flexibility index (Phi) is 7.39. The van der Waals surface area contributed by atoms with Crippen molar-refractivity contribution < 1.29 is 19.6 Å². The zero-order chi connectivity index (χ0) is 14.3. The van der Waals surface area contributed by atoms with Gasteiger partial charge in [0.15, 0.2) is 6.10 Å². The predicted molar refractivity (Wildman–Crippen MR) is 70.0 cm³/mol. The van der Waals surface area contributed by atoms with Crippen molar-refractivity contribution in [3.05, 3.63) is 10.1 Å². The van der Waals surface area contributed by atoms with Crippen LogP contribution in [0.2, 0.25) is 0 Å². The molecule has 0 bridgehead atoms. The summed E-state index contributed by atoms with van der Waals surface area (Å²) < 4.78 is 3.13. The number of carbonyl (C=O) groups excluding carboxylic acids is 1. The minimum Gasteiger partial charge on any atom is -0.454 e. The number of ether oxygens (including phenoxy) is 1. The van der Waals surface area contributed by atoms with Crippen molar-refractivity contribution >= 4 is 21.9 Å². The molecule has 0 aromatic rings. The third kappa shape index (κ3) is 4.53. The summed E-state index contributed by atoms with van der Waals surface area (Å²) >= 11 is 2.86. The Morgan fingerprint density at radius 2 is 2.06 bits per heavy atom. The molecule has 0 aromatic carbocycles. The van der Waals surface area contributed by atoms with Crippen LogP contribution in [0.15, 0.2) is 0 Å². The molecule has 0 fully saturated rings. The van der Waals surface area contributed by atoms with Crippen molar-refractivity contribution in [3.8, 4) is 0 Å². The number of carbonyl (C=O) groups is 1. The topological polar surface area (TPSA) is 89.7 Å². The molecule has 0 aromatic heterocycles. The number of nitro groups is 1. The number of rotatable bonds is 8. The number of alkyl halides is 1. The molecule has 0 aliphatic heterocycles. The molecule has 1 N–H and O–H groups in total. The third-order valence-corrected chi connectivity index (χ3v) is 4.33. The van der Waals surface area contributed by atoms with Gasteiger partial charge >= 0.3 is 10.4 Å². The molecule has 0 aliphatic rings.